The molecule has 0 bridgehead atoms. The van der Waals surface area contributed by atoms with E-state index in [1.807, 2.05) is 0 Å². The molecule has 156 valence electrons. The molecule has 0 aliphatic rings. The highest BCUT2D eigenvalue weighted by molar-refractivity contribution is 6.10. The molecule has 31 heavy (non-hydrogen) atoms. The highest BCUT2D eigenvalue weighted by Crippen LogP contribution is 2.15. The zero-order valence-corrected chi connectivity index (χ0v) is 16.6. The fourth-order valence-corrected chi connectivity index (χ4v) is 2.70. The van der Waals surface area contributed by atoms with Gasteiger partial charge in [0.25, 0.3) is 11.8 Å². The van der Waals surface area contributed by atoms with Gasteiger partial charge in [-0.05, 0) is 53.6 Å². The normalized spacial score (nSPS) is 10.8. The molecule has 3 rings (SSSR count). The van der Waals surface area contributed by atoms with Gasteiger partial charge in [-0.1, -0.05) is 42.5 Å². The Hall–Kier alpha value is -4.39. The number of nitrogens with one attached hydrogen (secondary N) is 2. The lowest BCUT2D eigenvalue weighted by Gasteiger charge is -2.12. The van der Waals surface area contributed by atoms with Crippen molar-refractivity contribution in [1.82, 2.24) is 5.32 Å². The van der Waals surface area contributed by atoms with Gasteiger partial charge in [-0.25, -0.2) is 0 Å². The van der Waals surface area contributed by atoms with Gasteiger partial charge in [0.05, 0.1) is 13.1 Å². The summed E-state index contributed by atoms with van der Waals surface area (Å²) in [6.45, 7) is 0. The predicted molar refractivity (Wildman–Crippen MR) is 114 cm³/mol. The van der Waals surface area contributed by atoms with E-state index in [0.29, 0.717) is 22.6 Å². The van der Waals surface area contributed by atoms with Crippen molar-refractivity contribution in [3.8, 4) is 5.75 Å². The van der Waals surface area contributed by atoms with Crippen LogP contribution < -0.4 is 20.5 Å². The van der Waals surface area contributed by atoms with Crippen LogP contribution in [0.2, 0.25) is 0 Å². The number of carbonyl (C=O) groups is 3. The summed E-state index contributed by atoms with van der Waals surface area (Å²) < 4.78 is 5.13. The highest BCUT2D eigenvalue weighted by atomic mass is 16.5. The van der Waals surface area contributed by atoms with Crippen molar-refractivity contribution < 1.29 is 24.2 Å². The van der Waals surface area contributed by atoms with Gasteiger partial charge >= 0.3 is 0 Å². The van der Waals surface area contributed by atoms with E-state index in [4.69, 9.17) is 4.74 Å². The third kappa shape index (κ3) is 5.80. The smallest absolute Gasteiger partial charge is 0.272 e. The molecule has 0 fully saturated rings. The van der Waals surface area contributed by atoms with E-state index in [2.05, 4.69) is 10.6 Å². The van der Waals surface area contributed by atoms with Gasteiger partial charge in [0.15, 0.2) is 0 Å². The number of benzene rings is 3. The molecule has 0 saturated heterocycles. The van der Waals surface area contributed by atoms with Crippen LogP contribution in [0.3, 0.4) is 0 Å². The quantitative estimate of drug-likeness (QED) is 0.577. The van der Waals surface area contributed by atoms with Crippen LogP contribution in [0, 0.1) is 0 Å². The van der Waals surface area contributed by atoms with Gasteiger partial charge in [0.1, 0.15) is 11.4 Å². The van der Waals surface area contributed by atoms with E-state index in [1.165, 1.54) is 30.3 Å². The van der Waals surface area contributed by atoms with Crippen LogP contribution in [0.4, 0.5) is 5.69 Å². The average Bonchev–Trinajstić information content (AvgIpc) is 2.80. The first-order valence-electron chi connectivity index (χ1n) is 9.31. The standard InChI is InChI=1S/C24H20N2O5/c1-31-20-13-7-16(8-14-20)15-21(26-22(27)17-5-3-2-4-6-17)23(28)25-19-11-9-18(10-12-19)24(29)30/h2-15H,1H3,(H,25,28)(H,26,27)(H,29,30)/p-1/b21-15-. The maximum absolute atomic E-state index is 12.9. The molecule has 0 saturated carbocycles. The third-order valence-electron chi connectivity index (χ3n) is 4.33. The van der Waals surface area contributed by atoms with Crippen LogP contribution in [-0.4, -0.2) is 24.9 Å². The number of ether oxygens (including phenoxy) is 1. The van der Waals surface area contributed by atoms with E-state index in [0.717, 1.165) is 0 Å². The van der Waals surface area contributed by atoms with E-state index in [9.17, 15) is 19.5 Å². The number of methoxy groups -OCH3 is 1. The monoisotopic (exact) mass is 415 g/mol. The molecule has 0 atom stereocenters. The number of hydrogen-bond acceptors (Lipinski definition) is 5. The SMILES string of the molecule is COc1ccc(/C=C(\NC(=O)c2ccccc2)C(=O)Nc2ccc(C(=O)[O-])cc2)cc1. The van der Waals surface area contributed by atoms with Crippen molar-refractivity contribution in [3.63, 3.8) is 0 Å². The van der Waals surface area contributed by atoms with Crippen LogP contribution in [-0.2, 0) is 4.79 Å². The van der Waals surface area contributed by atoms with Crippen molar-refractivity contribution in [3.05, 3.63) is 101 Å². The van der Waals surface area contributed by atoms with Crippen LogP contribution in [0.1, 0.15) is 26.3 Å². The fourth-order valence-electron chi connectivity index (χ4n) is 2.70. The first-order valence-corrected chi connectivity index (χ1v) is 9.31. The second kappa shape index (κ2) is 9.89. The van der Waals surface area contributed by atoms with Gasteiger partial charge in [-0.2, -0.15) is 0 Å². The van der Waals surface area contributed by atoms with E-state index < -0.39 is 17.8 Å². The molecule has 3 aromatic rings. The Morgan fingerprint density at radius 2 is 1.48 bits per heavy atom. The molecule has 7 nitrogen and oxygen atoms in total. The first-order chi connectivity index (χ1) is 15.0. The van der Waals surface area contributed by atoms with E-state index in [1.54, 1.807) is 61.7 Å². The first kappa shape index (κ1) is 21.3. The minimum atomic E-state index is -1.31. The number of carbonyl (C=O) groups excluding carboxylic acids is 3. The third-order valence-corrected chi connectivity index (χ3v) is 4.33. The van der Waals surface area contributed by atoms with Gasteiger partial charge in [-0.15, -0.1) is 0 Å². The summed E-state index contributed by atoms with van der Waals surface area (Å²) >= 11 is 0. The number of aromatic carboxylic acids is 1. The molecule has 0 unspecified atom stereocenters. The molecule has 0 aliphatic carbocycles. The molecule has 0 aromatic heterocycles. The summed E-state index contributed by atoms with van der Waals surface area (Å²) in [4.78, 5) is 36.4. The number of carboxylic acids is 1. The lowest BCUT2D eigenvalue weighted by Crippen LogP contribution is -2.30. The lowest BCUT2D eigenvalue weighted by molar-refractivity contribution is -0.255. The largest absolute Gasteiger partial charge is 0.545 e. The van der Waals surface area contributed by atoms with Crippen LogP contribution >= 0.6 is 0 Å². The number of rotatable bonds is 7. The van der Waals surface area contributed by atoms with Crippen LogP contribution in [0.5, 0.6) is 5.75 Å². The molecule has 3 aromatic carbocycles. The van der Waals surface area contributed by atoms with Gasteiger partial charge < -0.3 is 25.3 Å². The van der Waals surface area contributed by atoms with Gasteiger partial charge in [-0.3, -0.25) is 9.59 Å². The second-order valence-corrected chi connectivity index (χ2v) is 6.47. The summed E-state index contributed by atoms with van der Waals surface area (Å²) in [6, 6.07) is 21.0. The maximum Gasteiger partial charge on any atom is 0.272 e. The van der Waals surface area contributed by atoms with Crippen molar-refractivity contribution >= 4 is 29.5 Å². The Balaban J connectivity index is 1.86. The molecule has 0 radical (unpaired) electrons. The number of anilines is 1. The molecule has 7 heteroatoms. The number of amides is 2. The molecule has 2 amide bonds. The Morgan fingerprint density at radius 3 is 2.06 bits per heavy atom. The molecule has 0 heterocycles. The zero-order chi connectivity index (χ0) is 22.2. The Kier molecular flexibility index (Phi) is 6.80. The van der Waals surface area contributed by atoms with Crippen molar-refractivity contribution in [2.24, 2.45) is 0 Å². The topological polar surface area (TPSA) is 108 Å². The molecule has 0 aliphatic heterocycles. The average molecular weight is 415 g/mol. The summed E-state index contributed by atoms with van der Waals surface area (Å²) in [5.74, 6) is -1.67. The van der Waals surface area contributed by atoms with E-state index >= 15 is 0 Å². The lowest BCUT2D eigenvalue weighted by atomic mass is 10.1. The summed E-state index contributed by atoms with van der Waals surface area (Å²) in [6.07, 6.45) is 1.53. The second-order valence-electron chi connectivity index (χ2n) is 6.47. The van der Waals surface area contributed by atoms with Crippen molar-refractivity contribution in [1.29, 1.82) is 0 Å². The van der Waals surface area contributed by atoms with Crippen LogP contribution in [0.15, 0.2) is 84.6 Å². The summed E-state index contributed by atoms with van der Waals surface area (Å²) in [7, 11) is 1.55. The van der Waals surface area contributed by atoms with Crippen molar-refractivity contribution in [2.75, 3.05) is 12.4 Å². The summed E-state index contributed by atoms with van der Waals surface area (Å²) in [5, 5.41) is 16.2. The molecule has 2 N–H and O–H groups in total. The van der Waals surface area contributed by atoms with Gasteiger partial charge in [0, 0.05) is 11.3 Å². The Morgan fingerprint density at radius 1 is 0.839 bits per heavy atom. The molecular weight excluding hydrogens is 396 g/mol. The highest BCUT2D eigenvalue weighted by Gasteiger charge is 2.15. The minimum absolute atomic E-state index is 0.00984. The minimum Gasteiger partial charge on any atom is -0.545 e. The maximum atomic E-state index is 12.9. The Labute approximate surface area is 179 Å². The fraction of sp³-hybridized carbons (Fsp3) is 0.0417. The molecule has 0 spiro atoms. The summed E-state index contributed by atoms with van der Waals surface area (Å²) in [5.41, 5.74) is 1.44. The number of carboxylic acid groups (broad SMARTS) is 1. The van der Waals surface area contributed by atoms with Crippen molar-refractivity contribution in [2.45, 2.75) is 0 Å². The predicted octanol–water partition coefficient (Wildman–Crippen LogP) is 2.47. The van der Waals surface area contributed by atoms with Crippen LogP contribution in [0.25, 0.3) is 6.08 Å². The van der Waals surface area contributed by atoms with Gasteiger partial charge in [0.2, 0.25) is 0 Å². The Bertz CT molecular complexity index is 1100. The van der Waals surface area contributed by atoms with E-state index in [-0.39, 0.29) is 11.3 Å². The number of hydrogen-bond donors (Lipinski definition) is 2. The zero-order valence-electron chi connectivity index (χ0n) is 16.6. The molecular formula is C24H19N2O5-.